The zero-order chi connectivity index (χ0) is 24.7. The molecule has 3 aliphatic rings. The molecule has 9 heteroatoms. The van der Waals surface area contributed by atoms with Gasteiger partial charge in [0.15, 0.2) is 17.1 Å². The van der Waals surface area contributed by atoms with Gasteiger partial charge in [0.1, 0.15) is 18.8 Å². The zero-order valence-corrected chi connectivity index (χ0v) is 20.0. The number of amides is 2. The highest BCUT2D eigenvalue weighted by Gasteiger charge is 2.65. The lowest BCUT2D eigenvalue weighted by Crippen LogP contribution is -3.14. The molecule has 2 amide bonds. The van der Waals surface area contributed by atoms with Crippen LogP contribution in [0.1, 0.15) is 35.2 Å². The van der Waals surface area contributed by atoms with Crippen LogP contribution in [-0.4, -0.2) is 73.5 Å². The first-order valence-electron chi connectivity index (χ1n) is 12.1. The van der Waals surface area contributed by atoms with Crippen molar-refractivity contribution in [1.29, 1.82) is 0 Å². The highest BCUT2D eigenvalue weighted by Crippen LogP contribution is 2.53. The highest BCUT2D eigenvalue weighted by atomic mass is 16.5. The molecule has 5 rings (SSSR count). The van der Waals surface area contributed by atoms with Gasteiger partial charge in [0.05, 0.1) is 31.0 Å². The lowest BCUT2D eigenvalue weighted by atomic mass is 9.81. The van der Waals surface area contributed by atoms with Crippen LogP contribution in [0.3, 0.4) is 0 Å². The first-order valence-corrected chi connectivity index (χ1v) is 12.1. The van der Waals surface area contributed by atoms with E-state index >= 15 is 0 Å². The minimum Gasteiger partial charge on any atom is -0.503 e. The second kappa shape index (κ2) is 8.98. The van der Waals surface area contributed by atoms with Crippen LogP contribution in [0.5, 0.6) is 0 Å². The van der Waals surface area contributed by atoms with E-state index in [-0.39, 0.29) is 17.9 Å². The summed E-state index contributed by atoms with van der Waals surface area (Å²) in [5, 5.41) is 11.1. The van der Waals surface area contributed by atoms with Crippen LogP contribution >= 0.6 is 0 Å². The van der Waals surface area contributed by atoms with Crippen LogP contribution in [0.2, 0.25) is 0 Å². The maximum atomic E-state index is 14.1. The Labute approximate surface area is 203 Å². The van der Waals surface area contributed by atoms with Gasteiger partial charge in [-0.15, -0.1) is 0 Å². The van der Waals surface area contributed by atoms with Gasteiger partial charge in [-0.3, -0.25) is 14.4 Å². The largest absolute Gasteiger partial charge is 0.503 e. The fraction of sp³-hybridized carbons (Fsp3) is 0.423. The number of hydrogen-bond acceptors (Lipinski definition) is 6. The molecule has 0 bridgehead atoms. The first kappa shape index (κ1) is 23.3. The summed E-state index contributed by atoms with van der Waals surface area (Å²) < 4.78 is 11.0. The third kappa shape index (κ3) is 3.49. The smallest absolute Gasteiger partial charge is 0.290 e. The molecule has 0 radical (unpaired) electrons. The second-order valence-corrected chi connectivity index (χ2v) is 9.16. The second-order valence-electron chi connectivity index (χ2n) is 9.16. The Bertz CT molecular complexity index is 1210. The van der Waals surface area contributed by atoms with Crippen molar-refractivity contribution in [2.75, 3.05) is 50.8 Å². The van der Waals surface area contributed by atoms with Crippen LogP contribution in [-0.2, 0) is 19.9 Å². The number of Topliss-reactive ketones (excluding diaryl/α,β-unsaturated/α-hetero) is 1. The van der Waals surface area contributed by atoms with Gasteiger partial charge in [-0.25, -0.2) is 0 Å². The Morgan fingerprint density at radius 1 is 1.14 bits per heavy atom. The average molecular weight is 481 g/mol. The topological polar surface area (TPSA) is 105 Å². The number of ketones is 1. The van der Waals surface area contributed by atoms with E-state index in [1.165, 1.54) is 15.9 Å². The molecule has 2 aromatic rings. The number of quaternary nitrogens is 1. The fourth-order valence-corrected chi connectivity index (χ4v) is 5.56. The van der Waals surface area contributed by atoms with E-state index < -0.39 is 28.9 Å². The molecule has 0 saturated carbocycles. The number of rotatable bonds is 7. The summed E-state index contributed by atoms with van der Waals surface area (Å²) in [6.07, 6.45) is 0.610. The van der Waals surface area contributed by atoms with Crippen molar-refractivity contribution < 1.29 is 33.5 Å². The van der Waals surface area contributed by atoms with Gasteiger partial charge in [0, 0.05) is 25.1 Å². The van der Waals surface area contributed by atoms with Gasteiger partial charge >= 0.3 is 0 Å². The van der Waals surface area contributed by atoms with E-state index in [4.69, 9.17) is 9.15 Å². The first-order chi connectivity index (χ1) is 16.9. The molecular formula is C26H30N3O6+. The molecule has 0 unspecified atom stereocenters. The summed E-state index contributed by atoms with van der Waals surface area (Å²) in [5.74, 6) is -1.98. The van der Waals surface area contributed by atoms with Crippen LogP contribution in [0, 0.1) is 6.92 Å². The molecular weight excluding hydrogens is 450 g/mol. The Morgan fingerprint density at radius 2 is 1.89 bits per heavy atom. The van der Waals surface area contributed by atoms with Crippen LogP contribution in [0.25, 0.3) is 0 Å². The van der Waals surface area contributed by atoms with Crippen molar-refractivity contribution in [2.45, 2.75) is 25.8 Å². The van der Waals surface area contributed by atoms with Gasteiger partial charge in [-0.1, -0.05) is 18.2 Å². The van der Waals surface area contributed by atoms with Crippen molar-refractivity contribution in [3.05, 3.63) is 64.8 Å². The molecule has 4 heterocycles. The van der Waals surface area contributed by atoms with Crippen molar-refractivity contribution >= 4 is 23.3 Å². The molecule has 1 fully saturated rings. The molecule has 0 aliphatic carbocycles. The van der Waals surface area contributed by atoms with E-state index in [1.54, 1.807) is 36.1 Å². The molecule has 1 atom stereocenters. The fourth-order valence-electron chi connectivity index (χ4n) is 5.56. The molecule has 2 N–H and O–H groups in total. The third-order valence-corrected chi connectivity index (χ3v) is 7.21. The number of furan rings is 1. The van der Waals surface area contributed by atoms with E-state index in [0.29, 0.717) is 43.2 Å². The summed E-state index contributed by atoms with van der Waals surface area (Å²) in [5.41, 5.74) is -0.808. The van der Waals surface area contributed by atoms with Gasteiger partial charge in [-0.2, -0.15) is 0 Å². The number of hydrogen-bond donors (Lipinski definition) is 2. The number of aliphatic hydroxyl groups excluding tert-OH is 1. The molecule has 3 aliphatic heterocycles. The Hall–Kier alpha value is -3.43. The standard InChI is InChI=1S/C26H29N3O6/c1-3-28-19-8-5-4-7-18(19)26(25(28)33)21(22(30)20-10-9-17(2)35-20)23(31)24(32)29(26)12-6-11-27-13-15-34-16-14-27/h4-5,7-10,31H,3,6,11-16H2,1-2H3/p+1/t26-/m1/s1. The lowest BCUT2D eigenvalue weighted by molar-refractivity contribution is -0.908. The van der Waals surface area contributed by atoms with E-state index in [9.17, 15) is 19.5 Å². The normalized spacial score (nSPS) is 22.6. The molecule has 35 heavy (non-hydrogen) atoms. The monoisotopic (exact) mass is 480 g/mol. The quantitative estimate of drug-likeness (QED) is 0.573. The van der Waals surface area contributed by atoms with E-state index in [1.807, 2.05) is 13.0 Å². The third-order valence-electron chi connectivity index (χ3n) is 7.21. The number of carbonyl (C=O) groups excluding carboxylic acids is 3. The van der Waals surface area contributed by atoms with Crippen LogP contribution < -0.4 is 9.80 Å². The summed E-state index contributed by atoms with van der Waals surface area (Å²) >= 11 is 0. The van der Waals surface area contributed by atoms with Gasteiger partial charge in [0.25, 0.3) is 11.8 Å². The Balaban J connectivity index is 1.59. The predicted octanol–water partition coefficient (Wildman–Crippen LogP) is 0.992. The van der Waals surface area contributed by atoms with E-state index in [2.05, 4.69) is 0 Å². The van der Waals surface area contributed by atoms with Crippen molar-refractivity contribution in [3.63, 3.8) is 0 Å². The maximum absolute atomic E-state index is 14.1. The molecule has 1 aromatic heterocycles. The molecule has 9 nitrogen and oxygen atoms in total. The van der Waals surface area contributed by atoms with Crippen molar-refractivity contribution in [1.82, 2.24) is 4.90 Å². The number of morpholine rings is 1. The summed E-state index contributed by atoms with van der Waals surface area (Å²) in [6.45, 7) is 8.08. The zero-order valence-electron chi connectivity index (χ0n) is 20.0. The highest BCUT2D eigenvalue weighted by molar-refractivity contribution is 6.25. The number of benzene rings is 1. The van der Waals surface area contributed by atoms with Crippen molar-refractivity contribution in [2.24, 2.45) is 0 Å². The Kier molecular flexibility index (Phi) is 5.98. The van der Waals surface area contributed by atoms with E-state index in [0.717, 1.165) is 19.6 Å². The minimum absolute atomic E-state index is 0.0175. The average Bonchev–Trinajstić information content (AvgIpc) is 3.48. The van der Waals surface area contributed by atoms with Crippen LogP contribution in [0.15, 0.2) is 52.1 Å². The van der Waals surface area contributed by atoms with Crippen molar-refractivity contribution in [3.8, 4) is 0 Å². The molecule has 1 saturated heterocycles. The molecule has 184 valence electrons. The number of likely N-dealkylation sites (N-methyl/N-ethyl adjacent to an activating group) is 1. The maximum Gasteiger partial charge on any atom is 0.290 e. The number of nitrogens with zero attached hydrogens (tertiary/aromatic N) is 2. The number of aliphatic hydroxyl groups is 1. The molecule has 1 aromatic carbocycles. The van der Waals surface area contributed by atoms with Gasteiger partial charge in [0.2, 0.25) is 5.78 Å². The van der Waals surface area contributed by atoms with Crippen LogP contribution in [0.4, 0.5) is 5.69 Å². The number of para-hydroxylation sites is 1. The number of nitrogens with one attached hydrogen (secondary N) is 1. The van der Waals surface area contributed by atoms with Gasteiger partial charge in [-0.05, 0) is 32.0 Å². The number of anilines is 1. The number of fused-ring (bicyclic) bond motifs is 2. The summed E-state index contributed by atoms with van der Waals surface area (Å²) in [7, 11) is 0. The number of aryl methyl sites for hydroxylation is 1. The minimum atomic E-state index is -1.73. The lowest BCUT2D eigenvalue weighted by Gasteiger charge is -2.36. The molecule has 1 spiro atoms. The van der Waals surface area contributed by atoms with Gasteiger partial charge < -0.3 is 29.0 Å². The Morgan fingerprint density at radius 3 is 2.57 bits per heavy atom. The number of ether oxygens (including phenoxy) is 1. The predicted molar refractivity (Wildman–Crippen MR) is 126 cm³/mol. The summed E-state index contributed by atoms with van der Waals surface area (Å²) in [6, 6.07) is 10.3. The number of carbonyl (C=O) groups is 3. The summed E-state index contributed by atoms with van der Waals surface area (Å²) in [4.78, 5) is 45.6. The SMILES string of the molecule is CCN1C(=O)[C@]2(C(C(=O)c3ccc(C)o3)=C(O)C(=O)N2CCC[NH+]2CCOCC2)c2ccccc21.